The molecule has 0 radical (unpaired) electrons. The summed E-state index contributed by atoms with van der Waals surface area (Å²) in [5, 5.41) is 20.0. The lowest BCUT2D eigenvalue weighted by atomic mass is 10.0. The molecule has 28 heavy (non-hydrogen) atoms. The fourth-order valence-corrected chi connectivity index (χ4v) is 3.16. The number of hydrogen-bond acceptors (Lipinski definition) is 5. The Morgan fingerprint density at radius 1 is 1.18 bits per heavy atom. The SMILES string of the molecule is CCO[C@@]1(c2cc(O)ccc2O)C=C(CC/C=C(\C)CCC=C(C)C)C(=O)O1. The Morgan fingerprint density at radius 3 is 2.61 bits per heavy atom. The van der Waals surface area contributed by atoms with Crippen molar-refractivity contribution in [1.82, 2.24) is 0 Å². The summed E-state index contributed by atoms with van der Waals surface area (Å²) < 4.78 is 11.2. The van der Waals surface area contributed by atoms with E-state index in [9.17, 15) is 15.0 Å². The van der Waals surface area contributed by atoms with Crippen LogP contribution in [0.4, 0.5) is 0 Å². The van der Waals surface area contributed by atoms with E-state index in [1.54, 1.807) is 13.0 Å². The molecule has 0 fully saturated rings. The summed E-state index contributed by atoms with van der Waals surface area (Å²) >= 11 is 0. The average Bonchev–Trinajstić information content (AvgIpc) is 2.93. The van der Waals surface area contributed by atoms with Gasteiger partial charge in [0.1, 0.15) is 11.5 Å². The number of esters is 1. The third-order valence-corrected chi connectivity index (χ3v) is 4.58. The van der Waals surface area contributed by atoms with E-state index in [1.807, 2.05) is 0 Å². The van der Waals surface area contributed by atoms with Crippen LogP contribution in [0.5, 0.6) is 11.5 Å². The van der Waals surface area contributed by atoms with Gasteiger partial charge in [-0.15, -0.1) is 0 Å². The van der Waals surface area contributed by atoms with Crippen LogP contribution in [0.2, 0.25) is 0 Å². The van der Waals surface area contributed by atoms with Gasteiger partial charge in [0.2, 0.25) is 0 Å². The molecule has 1 aromatic rings. The zero-order chi connectivity index (χ0) is 20.7. The number of rotatable bonds is 9. The van der Waals surface area contributed by atoms with E-state index in [0.29, 0.717) is 12.0 Å². The van der Waals surface area contributed by atoms with E-state index in [2.05, 4.69) is 32.9 Å². The summed E-state index contributed by atoms with van der Waals surface area (Å²) in [6.07, 6.45) is 9.21. The van der Waals surface area contributed by atoms with Crippen LogP contribution in [0.3, 0.4) is 0 Å². The molecule has 0 unspecified atom stereocenters. The topological polar surface area (TPSA) is 76.0 Å². The van der Waals surface area contributed by atoms with E-state index in [0.717, 1.165) is 19.3 Å². The first-order valence-electron chi connectivity index (χ1n) is 9.68. The molecule has 2 rings (SSSR count). The first-order chi connectivity index (χ1) is 13.3. The van der Waals surface area contributed by atoms with Crippen molar-refractivity contribution in [3.05, 3.63) is 58.7 Å². The lowest BCUT2D eigenvalue weighted by Crippen LogP contribution is -2.29. The number of cyclic esters (lactones) is 1. The number of carbonyl (C=O) groups excluding carboxylic acids is 1. The van der Waals surface area contributed by atoms with Gasteiger partial charge in [-0.2, -0.15) is 0 Å². The van der Waals surface area contributed by atoms with E-state index in [-0.39, 0.29) is 23.7 Å². The Balaban J connectivity index is 2.14. The predicted octanol–water partition coefficient (Wildman–Crippen LogP) is 5.24. The maximum atomic E-state index is 12.4. The van der Waals surface area contributed by atoms with Gasteiger partial charge in [-0.25, -0.2) is 4.79 Å². The highest BCUT2D eigenvalue weighted by atomic mass is 16.7. The van der Waals surface area contributed by atoms with E-state index in [4.69, 9.17) is 9.47 Å². The quantitative estimate of drug-likeness (QED) is 0.345. The van der Waals surface area contributed by atoms with Gasteiger partial charge < -0.3 is 19.7 Å². The Bertz CT molecular complexity index is 799. The predicted molar refractivity (Wildman–Crippen MR) is 109 cm³/mol. The Hall–Kier alpha value is -2.53. The summed E-state index contributed by atoms with van der Waals surface area (Å²) in [5.74, 6) is -2.12. The molecule has 0 aliphatic carbocycles. The Labute approximate surface area is 167 Å². The van der Waals surface area contributed by atoms with Crippen LogP contribution in [-0.4, -0.2) is 22.8 Å². The molecule has 1 heterocycles. The summed E-state index contributed by atoms with van der Waals surface area (Å²) in [7, 11) is 0. The van der Waals surface area contributed by atoms with Gasteiger partial charge in [0.15, 0.2) is 0 Å². The molecule has 0 spiro atoms. The third-order valence-electron chi connectivity index (χ3n) is 4.58. The minimum atomic E-state index is -1.51. The second-order valence-electron chi connectivity index (χ2n) is 7.27. The largest absolute Gasteiger partial charge is 0.508 e. The molecular weight excluding hydrogens is 356 g/mol. The second-order valence-corrected chi connectivity index (χ2v) is 7.27. The highest BCUT2D eigenvalue weighted by Crippen LogP contribution is 2.42. The molecular formula is C23H30O5. The van der Waals surface area contributed by atoms with Crippen LogP contribution in [0.15, 0.2) is 53.1 Å². The lowest BCUT2D eigenvalue weighted by molar-refractivity contribution is -0.202. The summed E-state index contributed by atoms with van der Waals surface area (Å²) in [6.45, 7) is 8.32. The maximum Gasteiger partial charge on any atom is 0.336 e. The van der Waals surface area contributed by atoms with Gasteiger partial charge in [0, 0.05) is 18.3 Å². The van der Waals surface area contributed by atoms with Crippen molar-refractivity contribution in [3.63, 3.8) is 0 Å². The van der Waals surface area contributed by atoms with Crippen molar-refractivity contribution in [2.45, 2.75) is 59.2 Å². The first kappa shape index (κ1) is 21.8. The highest BCUT2D eigenvalue weighted by molar-refractivity contribution is 5.91. The zero-order valence-electron chi connectivity index (χ0n) is 17.1. The van der Waals surface area contributed by atoms with Crippen molar-refractivity contribution in [2.75, 3.05) is 6.61 Å². The first-order valence-corrected chi connectivity index (χ1v) is 9.68. The van der Waals surface area contributed by atoms with Gasteiger partial charge >= 0.3 is 5.97 Å². The number of allylic oxidation sites excluding steroid dienone is 4. The van der Waals surface area contributed by atoms with Gasteiger partial charge in [-0.3, -0.25) is 0 Å². The highest BCUT2D eigenvalue weighted by Gasteiger charge is 2.44. The Kier molecular flexibility index (Phi) is 7.46. The van der Waals surface area contributed by atoms with Gasteiger partial charge in [0.05, 0.1) is 5.56 Å². The van der Waals surface area contributed by atoms with Crippen LogP contribution in [0.25, 0.3) is 0 Å². The molecule has 152 valence electrons. The molecule has 1 atom stereocenters. The number of hydrogen-bond donors (Lipinski definition) is 2. The molecule has 0 saturated carbocycles. The number of phenolic OH excluding ortho intramolecular Hbond substituents is 2. The van der Waals surface area contributed by atoms with Crippen LogP contribution in [0, 0.1) is 0 Å². The fraction of sp³-hybridized carbons (Fsp3) is 0.435. The molecule has 0 saturated heterocycles. The summed E-state index contributed by atoms with van der Waals surface area (Å²) in [4.78, 5) is 12.4. The second kappa shape index (κ2) is 9.60. The Morgan fingerprint density at radius 2 is 1.93 bits per heavy atom. The van der Waals surface area contributed by atoms with Crippen LogP contribution in [0.1, 0.15) is 58.9 Å². The van der Waals surface area contributed by atoms with Gasteiger partial charge in [-0.05, 0) is 71.6 Å². The maximum absolute atomic E-state index is 12.4. The molecule has 1 aliphatic rings. The van der Waals surface area contributed by atoms with Gasteiger partial charge in [0.25, 0.3) is 5.79 Å². The molecule has 5 heteroatoms. The summed E-state index contributed by atoms with van der Waals surface area (Å²) in [6, 6.07) is 4.07. The van der Waals surface area contributed by atoms with Crippen molar-refractivity contribution in [3.8, 4) is 11.5 Å². The van der Waals surface area contributed by atoms with E-state index >= 15 is 0 Å². The number of phenols is 2. The number of ether oxygens (including phenoxy) is 2. The standard InChI is InChI=1S/C23H30O5/c1-5-27-23(20-14-19(24)12-13-21(20)25)15-18(22(26)28-23)11-7-10-17(4)9-6-8-16(2)3/h8,10,12-15,24-25H,5-7,9,11H2,1-4H3/b17-10+/t23-/m0/s1. The van der Waals surface area contributed by atoms with Crippen LogP contribution < -0.4 is 0 Å². The minimum absolute atomic E-state index is 0.0419. The van der Waals surface area contributed by atoms with E-state index < -0.39 is 11.8 Å². The smallest absolute Gasteiger partial charge is 0.336 e. The molecule has 0 amide bonds. The molecule has 1 aromatic carbocycles. The minimum Gasteiger partial charge on any atom is -0.508 e. The monoisotopic (exact) mass is 386 g/mol. The lowest BCUT2D eigenvalue weighted by Gasteiger charge is -2.27. The summed E-state index contributed by atoms with van der Waals surface area (Å²) in [5.41, 5.74) is 3.32. The van der Waals surface area contributed by atoms with Crippen molar-refractivity contribution >= 4 is 5.97 Å². The molecule has 0 aromatic heterocycles. The van der Waals surface area contributed by atoms with Crippen molar-refractivity contribution < 1.29 is 24.5 Å². The average molecular weight is 386 g/mol. The number of benzene rings is 1. The van der Waals surface area contributed by atoms with Crippen LogP contribution in [-0.2, 0) is 20.1 Å². The molecule has 0 bridgehead atoms. The van der Waals surface area contributed by atoms with E-state index in [1.165, 1.54) is 29.3 Å². The molecule has 1 aliphatic heterocycles. The third kappa shape index (κ3) is 5.49. The molecule has 5 nitrogen and oxygen atoms in total. The number of carbonyl (C=O) groups is 1. The zero-order valence-corrected chi connectivity index (χ0v) is 17.1. The van der Waals surface area contributed by atoms with Gasteiger partial charge in [-0.1, -0.05) is 23.3 Å². The molecule has 2 N–H and O–H groups in total. The number of aromatic hydroxyl groups is 2. The van der Waals surface area contributed by atoms with Crippen molar-refractivity contribution in [1.29, 1.82) is 0 Å². The van der Waals surface area contributed by atoms with Crippen molar-refractivity contribution in [2.24, 2.45) is 0 Å². The van der Waals surface area contributed by atoms with Crippen LogP contribution >= 0.6 is 0 Å². The fourth-order valence-electron chi connectivity index (χ4n) is 3.16. The normalized spacial score (nSPS) is 19.4.